The van der Waals surface area contributed by atoms with Crippen LogP contribution in [0.15, 0.2) is 42.5 Å². The number of nitrogens with one attached hydrogen (secondary N) is 1. The second kappa shape index (κ2) is 7.55. The number of imide groups is 1. The van der Waals surface area contributed by atoms with Gasteiger partial charge < -0.3 is 19.1 Å². The second-order valence-corrected chi connectivity index (χ2v) is 7.92. The van der Waals surface area contributed by atoms with Crippen LogP contribution in [0.25, 0.3) is 32.9 Å². The Morgan fingerprint density at radius 3 is 2.47 bits per heavy atom. The third-order valence-corrected chi connectivity index (χ3v) is 6.15. The first kappa shape index (κ1) is 20.4. The molecular formula is C24H19ClN2O5. The molecule has 162 valence electrons. The number of hydrogen-bond donors (Lipinski definition) is 2. The Labute approximate surface area is 188 Å². The number of amides is 2. The summed E-state index contributed by atoms with van der Waals surface area (Å²) in [4.78, 5) is 25.8. The SMILES string of the molecule is COCCn1c2cc(O)c(OC)cc2c2c3c(c(-c4ccccc4Cl)cc21)C(=O)NC3=O. The highest BCUT2D eigenvalue weighted by atomic mass is 35.5. The van der Waals surface area contributed by atoms with Gasteiger partial charge in [-0.15, -0.1) is 0 Å². The van der Waals surface area contributed by atoms with Gasteiger partial charge in [-0.2, -0.15) is 0 Å². The van der Waals surface area contributed by atoms with Gasteiger partial charge >= 0.3 is 0 Å². The number of phenolic OH excluding ortho intramolecular Hbond substituents is 1. The number of benzene rings is 3. The highest BCUT2D eigenvalue weighted by Crippen LogP contribution is 2.44. The largest absolute Gasteiger partial charge is 0.504 e. The van der Waals surface area contributed by atoms with Crippen LogP contribution in [0.3, 0.4) is 0 Å². The summed E-state index contributed by atoms with van der Waals surface area (Å²) in [6.07, 6.45) is 0. The number of halogens is 1. The van der Waals surface area contributed by atoms with E-state index in [1.165, 1.54) is 7.11 Å². The van der Waals surface area contributed by atoms with E-state index in [1.54, 1.807) is 31.4 Å². The maximum Gasteiger partial charge on any atom is 0.259 e. The van der Waals surface area contributed by atoms with Crippen LogP contribution in [0.1, 0.15) is 20.7 Å². The molecule has 3 aromatic carbocycles. The van der Waals surface area contributed by atoms with E-state index in [9.17, 15) is 14.7 Å². The number of carbonyl (C=O) groups excluding carboxylic acids is 2. The predicted molar refractivity (Wildman–Crippen MR) is 122 cm³/mol. The third kappa shape index (κ3) is 2.86. The molecule has 8 heteroatoms. The minimum Gasteiger partial charge on any atom is -0.504 e. The summed E-state index contributed by atoms with van der Waals surface area (Å²) in [7, 11) is 3.06. The highest BCUT2D eigenvalue weighted by Gasteiger charge is 2.35. The van der Waals surface area contributed by atoms with Gasteiger partial charge in [0.2, 0.25) is 0 Å². The molecule has 1 aliphatic rings. The summed E-state index contributed by atoms with van der Waals surface area (Å²) in [5.41, 5.74) is 3.22. The van der Waals surface area contributed by atoms with Crippen LogP contribution in [0, 0.1) is 0 Å². The molecule has 2 N–H and O–H groups in total. The number of nitrogens with zero attached hydrogens (tertiary/aromatic N) is 1. The lowest BCUT2D eigenvalue weighted by Gasteiger charge is -2.12. The van der Waals surface area contributed by atoms with Gasteiger partial charge in [-0.1, -0.05) is 29.8 Å². The molecule has 0 bridgehead atoms. The molecule has 4 aromatic rings. The minimum absolute atomic E-state index is 0.0232. The van der Waals surface area contributed by atoms with Gasteiger partial charge in [0, 0.05) is 41.1 Å². The van der Waals surface area contributed by atoms with Crippen LogP contribution < -0.4 is 10.1 Å². The van der Waals surface area contributed by atoms with Crippen molar-refractivity contribution in [3.8, 4) is 22.6 Å². The Balaban J connectivity index is 1.99. The molecule has 0 radical (unpaired) electrons. The Bertz CT molecular complexity index is 1440. The van der Waals surface area contributed by atoms with Crippen molar-refractivity contribution < 1.29 is 24.2 Å². The zero-order valence-corrected chi connectivity index (χ0v) is 18.1. The van der Waals surface area contributed by atoms with Crippen molar-refractivity contribution in [3.05, 3.63) is 58.6 Å². The summed E-state index contributed by atoms with van der Waals surface area (Å²) < 4.78 is 12.6. The van der Waals surface area contributed by atoms with E-state index in [4.69, 9.17) is 21.1 Å². The first-order valence-corrected chi connectivity index (χ1v) is 10.3. The fourth-order valence-corrected chi connectivity index (χ4v) is 4.67. The van der Waals surface area contributed by atoms with E-state index >= 15 is 0 Å². The van der Waals surface area contributed by atoms with Crippen LogP contribution in [0.4, 0.5) is 0 Å². The maximum absolute atomic E-state index is 13.0. The maximum atomic E-state index is 13.0. The number of carbonyl (C=O) groups is 2. The number of rotatable bonds is 5. The number of methoxy groups -OCH3 is 2. The monoisotopic (exact) mass is 450 g/mol. The second-order valence-electron chi connectivity index (χ2n) is 7.52. The molecule has 0 saturated carbocycles. The number of aromatic nitrogens is 1. The molecule has 2 heterocycles. The van der Waals surface area contributed by atoms with Crippen LogP contribution in [0.2, 0.25) is 5.02 Å². The summed E-state index contributed by atoms with van der Waals surface area (Å²) in [5.74, 6) is -0.686. The van der Waals surface area contributed by atoms with Crippen molar-refractivity contribution in [2.45, 2.75) is 6.54 Å². The molecule has 1 aromatic heterocycles. The first-order chi connectivity index (χ1) is 15.5. The van der Waals surface area contributed by atoms with E-state index in [1.807, 2.05) is 22.8 Å². The summed E-state index contributed by atoms with van der Waals surface area (Å²) in [6, 6.07) is 12.3. The quantitative estimate of drug-likeness (QED) is 0.441. The van der Waals surface area contributed by atoms with Gasteiger partial charge in [0.25, 0.3) is 11.8 Å². The molecule has 0 aliphatic carbocycles. The highest BCUT2D eigenvalue weighted by molar-refractivity contribution is 6.36. The topological polar surface area (TPSA) is 89.8 Å². The minimum atomic E-state index is -0.471. The van der Waals surface area contributed by atoms with Gasteiger partial charge in [-0.25, -0.2) is 0 Å². The van der Waals surface area contributed by atoms with Crippen molar-refractivity contribution in [2.24, 2.45) is 0 Å². The Morgan fingerprint density at radius 1 is 1.00 bits per heavy atom. The lowest BCUT2D eigenvalue weighted by Crippen LogP contribution is -2.20. The molecule has 7 nitrogen and oxygen atoms in total. The molecule has 0 fully saturated rings. The number of aromatic hydroxyl groups is 1. The van der Waals surface area contributed by atoms with Gasteiger partial charge in [-0.05, 0) is 23.8 Å². The smallest absolute Gasteiger partial charge is 0.259 e. The fraction of sp³-hybridized carbons (Fsp3) is 0.167. The van der Waals surface area contributed by atoms with Crippen LogP contribution in [-0.4, -0.2) is 42.3 Å². The van der Waals surface area contributed by atoms with E-state index in [2.05, 4.69) is 5.32 Å². The molecule has 0 unspecified atom stereocenters. The number of fused-ring (bicyclic) bond motifs is 5. The van der Waals surface area contributed by atoms with Gasteiger partial charge in [0.05, 0.1) is 35.9 Å². The van der Waals surface area contributed by atoms with E-state index in [-0.39, 0.29) is 22.6 Å². The molecule has 0 saturated heterocycles. The van der Waals surface area contributed by atoms with Gasteiger partial charge in [0.15, 0.2) is 11.5 Å². The molecule has 0 spiro atoms. The number of ether oxygens (including phenoxy) is 2. The normalized spacial score (nSPS) is 13.1. The van der Waals surface area contributed by atoms with E-state index in [0.717, 1.165) is 5.52 Å². The Kier molecular flexibility index (Phi) is 4.80. The first-order valence-electron chi connectivity index (χ1n) is 9.95. The van der Waals surface area contributed by atoms with Crippen molar-refractivity contribution in [2.75, 3.05) is 20.8 Å². The Hall–Kier alpha value is -3.55. The molecule has 2 amide bonds. The zero-order chi connectivity index (χ0) is 22.6. The van der Waals surface area contributed by atoms with Crippen molar-refractivity contribution in [3.63, 3.8) is 0 Å². The summed E-state index contributed by atoms with van der Waals surface area (Å²) >= 11 is 6.47. The van der Waals surface area contributed by atoms with E-state index < -0.39 is 11.8 Å². The van der Waals surface area contributed by atoms with Crippen LogP contribution >= 0.6 is 11.6 Å². The van der Waals surface area contributed by atoms with E-state index in [0.29, 0.717) is 45.6 Å². The average Bonchev–Trinajstić information content (AvgIpc) is 3.24. The van der Waals surface area contributed by atoms with Crippen molar-refractivity contribution in [1.82, 2.24) is 9.88 Å². The number of phenols is 1. The molecule has 32 heavy (non-hydrogen) atoms. The zero-order valence-electron chi connectivity index (χ0n) is 17.4. The lowest BCUT2D eigenvalue weighted by atomic mass is 9.93. The molecule has 0 atom stereocenters. The summed E-state index contributed by atoms with van der Waals surface area (Å²) in [5, 5.41) is 14.6. The van der Waals surface area contributed by atoms with Gasteiger partial charge in [0.1, 0.15) is 0 Å². The van der Waals surface area contributed by atoms with Crippen LogP contribution in [-0.2, 0) is 11.3 Å². The standard InChI is InChI=1S/C24H19ClN2O5/c1-31-8-7-27-16-11-18(28)19(32-2)10-14(16)20-17(27)9-13(12-5-3-4-6-15(12)25)21-22(20)24(30)26-23(21)29/h3-6,9-11,28H,7-8H2,1-2H3,(H,26,29,30). The molecule has 1 aliphatic heterocycles. The molecular weight excluding hydrogens is 432 g/mol. The van der Waals surface area contributed by atoms with Crippen LogP contribution in [0.5, 0.6) is 11.5 Å². The number of hydrogen-bond acceptors (Lipinski definition) is 5. The van der Waals surface area contributed by atoms with Crippen molar-refractivity contribution >= 4 is 45.2 Å². The lowest BCUT2D eigenvalue weighted by molar-refractivity contribution is 0.0880. The molecule has 5 rings (SSSR count). The Morgan fingerprint density at radius 2 is 1.75 bits per heavy atom. The van der Waals surface area contributed by atoms with Crippen molar-refractivity contribution in [1.29, 1.82) is 0 Å². The third-order valence-electron chi connectivity index (χ3n) is 5.82. The predicted octanol–water partition coefficient (Wildman–Crippen LogP) is 4.36. The fourth-order valence-electron chi connectivity index (χ4n) is 4.44. The summed E-state index contributed by atoms with van der Waals surface area (Å²) in [6.45, 7) is 0.883. The van der Waals surface area contributed by atoms with Gasteiger partial charge in [-0.3, -0.25) is 14.9 Å². The average molecular weight is 451 g/mol.